The van der Waals surface area contributed by atoms with E-state index in [4.69, 9.17) is 0 Å². The Balaban J connectivity index is 2.14. The minimum absolute atomic E-state index is 0.156. The monoisotopic (exact) mass is 213 g/mol. The van der Waals surface area contributed by atoms with Crippen LogP contribution in [0, 0.1) is 0 Å². The first-order valence-corrected chi connectivity index (χ1v) is 5.85. The van der Waals surface area contributed by atoms with Gasteiger partial charge in [0.05, 0.1) is 0 Å². The Kier molecular flexibility index (Phi) is 5.65. The van der Waals surface area contributed by atoms with Gasteiger partial charge in [0.2, 0.25) is 5.91 Å². The summed E-state index contributed by atoms with van der Waals surface area (Å²) in [6, 6.07) is 0.539. The number of amides is 1. The Hall–Kier alpha value is -0.610. The SMILES string of the molecule is CNCCC(=O)NCC1CCCCN1C. The van der Waals surface area contributed by atoms with E-state index >= 15 is 0 Å². The summed E-state index contributed by atoms with van der Waals surface area (Å²) in [5.74, 6) is 0.156. The maximum Gasteiger partial charge on any atom is 0.221 e. The summed E-state index contributed by atoms with van der Waals surface area (Å²) >= 11 is 0. The van der Waals surface area contributed by atoms with Gasteiger partial charge in [0, 0.05) is 25.6 Å². The molecule has 0 aromatic heterocycles. The highest BCUT2D eigenvalue weighted by atomic mass is 16.1. The van der Waals surface area contributed by atoms with E-state index in [0.29, 0.717) is 12.5 Å². The molecule has 0 saturated carbocycles. The molecule has 0 aliphatic carbocycles. The summed E-state index contributed by atoms with van der Waals surface area (Å²) in [5, 5.41) is 5.97. The number of nitrogens with zero attached hydrogens (tertiary/aromatic N) is 1. The second-order valence-corrected chi connectivity index (χ2v) is 4.29. The quantitative estimate of drug-likeness (QED) is 0.685. The highest BCUT2D eigenvalue weighted by Crippen LogP contribution is 2.13. The molecule has 4 heteroatoms. The Morgan fingerprint density at radius 3 is 2.93 bits per heavy atom. The minimum Gasteiger partial charge on any atom is -0.354 e. The van der Waals surface area contributed by atoms with Gasteiger partial charge >= 0.3 is 0 Å². The van der Waals surface area contributed by atoms with Crippen LogP contribution in [0.15, 0.2) is 0 Å². The Morgan fingerprint density at radius 1 is 1.47 bits per heavy atom. The van der Waals surface area contributed by atoms with Crippen molar-refractivity contribution in [2.75, 3.05) is 33.7 Å². The van der Waals surface area contributed by atoms with Gasteiger partial charge in [-0.1, -0.05) is 6.42 Å². The van der Waals surface area contributed by atoms with E-state index in [9.17, 15) is 4.79 Å². The first kappa shape index (κ1) is 12.5. The number of likely N-dealkylation sites (tertiary alicyclic amines) is 1. The van der Waals surface area contributed by atoms with Crippen molar-refractivity contribution in [3.63, 3.8) is 0 Å². The highest BCUT2D eigenvalue weighted by Gasteiger charge is 2.18. The molecule has 1 aliphatic heterocycles. The van der Waals surface area contributed by atoms with Gasteiger partial charge in [0.1, 0.15) is 0 Å². The lowest BCUT2D eigenvalue weighted by atomic mass is 10.0. The van der Waals surface area contributed by atoms with Crippen molar-refractivity contribution >= 4 is 5.91 Å². The third-order valence-corrected chi connectivity index (χ3v) is 3.06. The molecule has 1 atom stereocenters. The molecule has 1 rings (SSSR count). The van der Waals surface area contributed by atoms with E-state index in [1.807, 2.05) is 7.05 Å². The molecule has 1 amide bonds. The van der Waals surface area contributed by atoms with E-state index in [0.717, 1.165) is 19.6 Å². The van der Waals surface area contributed by atoms with Gasteiger partial charge in [0.25, 0.3) is 0 Å². The molecule has 0 aromatic carbocycles. The number of carbonyl (C=O) groups excluding carboxylic acids is 1. The van der Waals surface area contributed by atoms with Crippen molar-refractivity contribution in [1.29, 1.82) is 0 Å². The van der Waals surface area contributed by atoms with Crippen LogP contribution in [0.1, 0.15) is 25.7 Å². The first-order chi connectivity index (χ1) is 7.24. The topological polar surface area (TPSA) is 44.4 Å². The molecule has 0 radical (unpaired) electrons. The fraction of sp³-hybridized carbons (Fsp3) is 0.909. The van der Waals surface area contributed by atoms with Gasteiger partial charge in [-0.25, -0.2) is 0 Å². The van der Waals surface area contributed by atoms with Gasteiger partial charge in [-0.15, -0.1) is 0 Å². The normalized spacial score (nSPS) is 22.7. The summed E-state index contributed by atoms with van der Waals surface area (Å²) < 4.78 is 0. The standard InChI is InChI=1S/C11H23N3O/c1-12-7-6-11(15)13-9-10-5-3-4-8-14(10)2/h10,12H,3-9H2,1-2H3,(H,13,15). The Morgan fingerprint density at radius 2 is 2.27 bits per heavy atom. The molecule has 1 saturated heterocycles. The fourth-order valence-corrected chi connectivity index (χ4v) is 1.96. The van der Waals surface area contributed by atoms with Gasteiger partial charge in [-0.2, -0.15) is 0 Å². The molecule has 0 bridgehead atoms. The van der Waals surface area contributed by atoms with Gasteiger partial charge in [-0.05, 0) is 33.5 Å². The summed E-state index contributed by atoms with van der Waals surface area (Å²) in [6.07, 6.45) is 4.37. The third kappa shape index (κ3) is 4.62. The van der Waals surface area contributed by atoms with Gasteiger partial charge < -0.3 is 15.5 Å². The van der Waals surface area contributed by atoms with Crippen LogP contribution in [0.5, 0.6) is 0 Å². The van der Waals surface area contributed by atoms with Crippen molar-refractivity contribution in [2.24, 2.45) is 0 Å². The number of piperidine rings is 1. The maximum atomic E-state index is 11.4. The van der Waals surface area contributed by atoms with Gasteiger partial charge in [-0.3, -0.25) is 4.79 Å². The van der Waals surface area contributed by atoms with Crippen LogP contribution < -0.4 is 10.6 Å². The largest absolute Gasteiger partial charge is 0.354 e. The molecular weight excluding hydrogens is 190 g/mol. The smallest absolute Gasteiger partial charge is 0.221 e. The van der Waals surface area contributed by atoms with Crippen LogP contribution in [-0.2, 0) is 4.79 Å². The molecule has 4 nitrogen and oxygen atoms in total. The number of likely N-dealkylation sites (N-methyl/N-ethyl adjacent to an activating group) is 1. The van der Waals surface area contributed by atoms with E-state index in [1.165, 1.54) is 19.3 Å². The first-order valence-electron chi connectivity index (χ1n) is 5.85. The molecule has 0 aromatic rings. The molecule has 0 spiro atoms. The summed E-state index contributed by atoms with van der Waals surface area (Å²) in [7, 11) is 4.01. The van der Waals surface area contributed by atoms with Crippen molar-refractivity contribution in [1.82, 2.24) is 15.5 Å². The molecule has 1 aliphatic rings. The van der Waals surface area contributed by atoms with E-state index in [-0.39, 0.29) is 5.91 Å². The van der Waals surface area contributed by atoms with Crippen molar-refractivity contribution in [3.05, 3.63) is 0 Å². The average Bonchev–Trinajstić information content (AvgIpc) is 2.25. The van der Waals surface area contributed by atoms with Crippen LogP contribution in [0.3, 0.4) is 0 Å². The molecule has 1 heterocycles. The third-order valence-electron chi connectivity index (χ3n) is 3.06. The van der Waals surface area contributed by atoms with Crippen molar-refractivity contribution in [3.8, 4) is 0 Å². The molecule has 15 heavy (non-hydrogen) atoms. The number of hydrogen-bond donors (Lipinski definition) is 2. The summed E-state index contributed by atoms with van der Waals surface area (Å²) in [5.41, 5.74) is 0. The van der Waals surface area contributed by atoms with E-state index < -0.39 is 0 Å². The lowest BCUT2D eigenvalue weighted by Gasteiger charge is -2.32. The lowest BCUT2D eigenvalue weighted by molar-refractivity contribution is -0.121. The average molecular weight is 213 g/mol. The zero-order valence-corrected chi connectivity index (χ0v) is 9.88. The van der Waals surface area contributed by atoms with E-state index in [2.05, 4.69) is 22.6 Å². The van der Waals surface area contributed by atoms with E-state index in [1.54, 1.807) is 0 Å². The number of rotatable bonds is 5. The summed E-state index contributed by atoms with van der Waals surface area (Å²) in [6.45, 7) is 2.72. The van der Waals surface area contributed by atoms with Crippen LogP contribution in [0.2, 0.25) is 0 Å². The second kappa shape index (κ2) is 6.80. The van der Waals surface area contributed by atoms with Gasteiger partial charge in [0.15, 0.2) is 0 Å². The number of nitrogens with one attached hydrogen (secondary N) is 2. The Labute approximate surface area is 92.4 Å². The van der Waals surface area contributed by atoms with Crippen LogP contribution in [0.25, 0.3) is 0 Å². The van der Waals surface area contributed by atoms with Crippen molar-refractivity contribution in [2.45, 2.75) is 31.7 Å². The molecular formula is C11H23N3O. The fourth-order valence-electron chi connectivity index (χ4n) is 1.96. The zero-order valence-electron chi connectivity index (χ0n) is 9.88. The number of hydrogen-bond acceptors (Lipinski definition) is 3. The van der Waals surface area contributed by atoms with Crippen LogP contribution in [-0.4, -0.2) is 50.6 Å². The predicted molar refractivity (Wildman–Crippen MR) is 61.8 cm³/mol. The Bertz CT molecular complexity index is 196. The molecule has 1 unspecified atom stereocenters. The lowest BCUT2D eigenvalue weighted by Crippen LogP contribution is -2.44. The molecule has 1 fully saturated rings. The molecule has 2 N–H and O–H groups in total. The second-order valence-electron chi connectivity index (χ2n) is 4.29. The van der Waals surface area contributed by atoms with Crippen LogP contribution >= 0.6 is 0 Å². The summed E-state index contributed by atoms with van der Waals surface area (Å²) in [4.78, 5) is 13.7. The predicted octanol–water partition coefficient (Wildman–Crippen LogP) is 0.196. The maximum absolute atomic E-state index is 11.4. The highest BCUT2D eigenvalue weighted by molar-refractivity contribution is 5.76. The number of carbonyl (C=O) groups is 1. The minimum atomic E-state index is 0.156. The van der Waals surface area contributed by atoms with Crippen LogP contribution in [0.4, 0.5) is 0 Å². The zero-order chi connectivity index (χ0) is 11.1. The molecule has 88 valence electrons. The van der Waals surface area contributed by atoms with Crippen molar-refractivity contribution < 1.29 is 4.79 Å².